The van der Waals surface area contributed by atoms with E-state index in [1.807, 2.05) is 23.5 Å². The van der Waals surface area contributed by atoms with Gasteiger partial charge in [0.15, 0.2) is 0 Å². The van der Waals surface area contributed by atoms with Crippen molar-refractivity contribution in [2.45, 2.75) is 84.7 Å². The molecule has 0 spiro atoms. The molecule has 0 aliphatic rings. The van der Waals surface area contributed by atoms with Crippen molar-refractivity contribution < 1.29 is 14.6 Å². The fourth-order valence-corrected chi connectivity index (χ4v) is 7.09. The number of phenols is 1. The molecule has 1 aromatic heterocycles. The smallest absolute Gasteiger partial charge is 0.136 e. The molecule has 0 aliphatic carbocycles. The van der Waals surface area contributed by atoms with E-state index in [1.165, 1.54) is 9.38 Å². The van der Waals surface area contributed by atoms with Crippen LogP contribution in [0.15, 0.2) is 24.3 Å². The largest absolute Gasteiger partial charge is 0.507 e. The van der Waals surface area contributed by atoms with Crippen LogP contribution >= 0.6 is 11.3 Å². The van der Waals surface area contributed by atoms with Crippen molar-refractivity contribution in [3.05, 3.63) is 40.3 Å². The number of aromatic hydroxyl groups is 1. The molecule has 0 saturated carbocycles. The van der Waals surface area contributed by atoms with Crippen LogP contribution in [-0.4, -0.2) is 25.7 Å². The molecule has 0 atom stereocenters. The Morgan fingerprint density at radius 3 is 2.10 bits per heavy atom. The van der Waals surface area contributed by atoms with Crippen LogP contribution in [0.2, 0.25) is 13.1 Å². The van der Waals surface area contributed by atoms with Gasteiger partial charge in [0, 0.05) is 22.4 Å². The number of aldehydes is 1. The SMILES string of the molecule is CC(C)(C)c1cc(OC[Si](C)(C)c2ccc(CCCC=O)s2)cc(C(C)(C)C)c1O. The lowest BCUT2D eigenvalue weighted by molar-refractivity contribution is -0.107. The first kappa shape index (κ1) is 24.7. The number of thiophene rings is 1. The van der Waals surface area contributed by atoms with E-state index in [0.717, 1.165) is 36.0 Å². The summed E-state index contributed by atoms with van der Waals surface area (Å²) in [6, 6.07) is 8.46. The zero-order chi connectivity index (χ0) is 22.7. The van der Waals surface area contributed by atoms with Gasteiger partial charge in [0.1, 0.15) is 25.9 Å². The summed E-state index contributed by atoms with van der Waals surface area (Å²) in [5.41, 5.74) is 1.53. The summed E-state index contributed by atoms with van der Waals surface area (Å²) in [4.78, 5) is 11.9. The van der Waals surface area contributed by atoms with Crippen LogP contribution in [0, 0.1) is 0 Å². The molecular weight excluding hydrogens is 408 g/mol. The Labute approximate surface area is 187 Å². The van der Waals surface area contributed by atoms with Gasteiger partial charge in [-0.1, -0.05) is 60.7 Å². The van der Waals surface area contributed by atoms with Gasteiger partial charge in [0.05, 0.1) is 6.23 Å². The third-order valence-corrected chi connectivity index (χ3v) is 10.7. The minimum absolute atomic E-state index is 0.166. The van der Waals surface area contributed by atoms with E-state index in [4.69, 9.17) is 4.74 Å². The minimum Gasteiger partial charge on any atom is -0.507 e. The molecule has 30 heavy (non-hydrogen) atoms. The number of benzene rings is 1. The van der Waals surface area contributed by atoms with E-state index in [9.17, 15) is 9.90 Å². The van der Waals surface area contributed by atoms with E-state index in [2.05, 4.69) is 66.8 Å². The number of phenolic OH excluding ortho intramolecular Hbond substituents is 1. The number of rotatable bonds is 8. The predicted molar refractivity (Wildman–Crippen MR) is 131 cm³/mol. The quantitative estimate of drug-likeness (QED) is 0.302. The number of hydrogen-bond acceptors (Lipinski definition) is 4. The second-order valence-electron chi connectivity index (χ2n) is 10.9. The van der Waals surface area contributed by atoms with Crippen molar-refractivity contribution in [2.75, 3.05) is 6.23 Å². The van der Waals surface area contributed by atoms with E-state index < -0.39 is 8.07 Å². The van der Waals surface area contributed by atoms with Gasteiger partial charge >= 0.3 is 0 Å². The third kappa shape index (κ3) is 6.21. The van der Waals surface area contributed by atoms with E-state index >= 15 is 0 Å². The fraction of sp³-hybridized carbons (Fsp3) is 0.560. The van der Waals surface area contributed by atoms with Gasteiger partial charge < -0.3 is 14.6 Å². The normalized spacial score (nSPS) is 12.8. The first-order valence-corrected chi connectivity index (χ1v) is 14.8. The van der Waals surface area contributed by atoms with Gasteiger partial charge in [0.25, 0.3) is 0 Å². The standard InChI is InChI=1S/C25H38O3SSi/c1-24(2,3)20-15-18(16-21(23(20)27)25(4,5)6)28-17-30(7,8)22-13-12-19(29-22)11-9-10-14-26/h12-16,27H,9-11,17H2,1-8H3. The molecule has 0 saturated heterocycles. The summed E-state index contributed by atoms with van der Waals surface area (Å²) in [6.45, 7) is 17.4. The summed E-state index contributed by atoms with van der Waals surface area (Å²) in [5, 5.41) is 10.9. The van der Waals surface area contributed by atoms with Crippen LogP contribution in [-0.2, 0) is 22.0 Å². The van der Waals surface area contributed by atoms with Gasteiger partial charge in [-0.2, -0.15) is 0 Å². The summed E-state index contributed by atoms with van der Waals surface area (Å²) < 4.78 is 7.80. The summed E-state index contributed by atoms with van der Waals surface area (Å²) >= 11 is 1.87. The second kappa shape index (κ2) is 9.27. The molecule has 0 amide bonds. The molecule has 0 aliphatic heterocycles. The Hall–Kier alpha value is -1.59. The maximum absolute atomic E-state index is 10.9. The first-order valence-electron chi connectivity index (χ1n) is 10.8. The summed E-state index contributed by atoms with van der Waals surface area (Å²) in [7, 11) is -1.76. The molecule has 1 aromatic carbocycles. The molecule has 166 valence electrons. The summed E-state index contributed by atoms with van der Waals surface area (Å²) in [6.07, 6.45) is 4.21. The van der Waals surface area contributed by atoms with Crippen molar-refractivity contribution in [2.24, 2.45) is 0 Å². The molecule has 3 nitrogen and oxygen atoms in total. The zero-order valence-corrected chi connectivity index (χ0v) is 21.7. The molecular formula is C25H38O3SSi. The predicted octanol–water partition coefficient (Wildman–Crippen LogP) is 6.10. The average molecular weight is 447 g/mol. The molecule has 2 rings (SSSR count). The Morgan fingerprint density at radius 1 is 1.03 bits per heavy atom. The van der Waals surface area contributed by atoms with Crippen molar-refractivity contribution in [3.63, 3.8) is 0 Å². The number of hydrogen-bond donors (Lipinski definition) is 1. The third-order valence-electron chi connectivity index (χ3n) is 5.37. The van der Waals surface area contributed by atoms with E-state index in [0.29, 0.717) is 18.4 Å². The highest BCUT2D eigenvalue weighted by atomic mass is 32.1. The Bertz CT molecular complexity index is 834. The van der Waals surface area contributed by atoms with Gasteiger partial charge in [-0.3, -0.25) is 0 Å². The zero-order valence-electron chi connectivity index (χ0n) is 19.9. The molecule has 5 heteroatoms. The maximum atomic E-state index is 10.9. The summed E-state index contributed by atoms with van der Waals surface area (Å²) in [5.74, 6) is 1.23. The van der Waals surface area contributed by atoms with Crippen LogP contribution in [0.1, 0.15) is 70.4 Å². The van der Waals surface area contributed by atoms with Crippen molar-refractivity contribution >= 4 is 30.2 Å². The fourth-order valence-electron chi connectivity index (χ4n) is 3.41. The number of carbonyl (C=O) groups excluding carboxylic acids is 1. The van der Waals surface area contributed by atoms with Gasteiger partial charge in [-0.05, 0) is 46.4 Å². The van der Waals surface area contributed by atoms with Gasteiger partial charge in [-0.15, -0.1) is 11.3 Å². The highest BCUT2D eigenvalue weighted by molar-refractivity contribution is 7.26. The highest BCUT2D eigenvalue weighted by Gasteiger charge is 2.29. The van der Waals surface area contributed by atoms with Crippen molar-refractivity contribution in [1.29, 1.82) is 0 Å². The Balaban J connectivity index is 2.24. The number of unbranched alkanes of at least 4 members (excludes halogenated alkanes) is 1. The first-order chi connectivity index (χ1) is 13.8. The lowest BCUT2D eigenvalue weighted by atomic mass is 9.79. The molecule has 0 fully saturated rings. The van der Waals surface area contributed by atoms with Crippen molar-refractivity contribution in [3.8, 4) is 11.5 Å². The van der Waals surface area contributed by atoms with Crippen LogP contribution in [0.4, 0.5) is 0 Å². The Morgan fingerprint density at radius 2 is 1.60 bits per heavy atom. The number of aryl methyl sites for hydroxylation is 1. The number of carbonyl (C=O) groups is 1. The molecule has 0 unspecified atom stereocenters. The van der Waals surface area contributed by atoms with Crippen molar-refractivity contribution in [1.82, 2.24) is 0 Å². The van der Waals surface area contributed by atoms with Crippen LogP contribution < -0.4 is 9.24 Å². The highest BCUT2D eigenvalue weighted by Crippen LogP contribution is 2.41. The Kier molecular flexibility index (Phi) is 7.62. The molecule has 2 aromatic rings. The van der Waals surface area contributed by atoms with Crippen LogP contribution in [0.25, 0.3) is 0 Å². The molecule has 0 bridgehead atoms. The maximum Gasteiger partial charge on any atom is 0.136 e. The monoisotopic (exact) mass is 446 g/mol. The molecule has 1 N–H and O–H groups in total. The number of ether oxygens (including phenoxy) is 1. The molecule has 1 heterocycles. The topological polar surface area (TPSA) is 46.5 Å². The lowest BCUT2D eigenvalue weighted by Crippen LogP contribution is -2.45. The van der Waals surface area contributed by atoms with Gasteiger partial charge in [0.2, 0.25) is 0 Å². The minimum atomic E-state index is -1.76. The average Bonchev–Trinajstić information content (AvgIpc) is 3.09. The second-order valence-corrected chi connectivity index (χ2v) is 17.0. The van der Waals surface area contributed by atoms with E-state index in [-0.39, 0.29) is 10.8 Å². The van der Waals surface area contributed by atoms with E-state index in [1.54, 1.807) is 0 Å². The van der Waals surface area contributed by atoms with Crippen LogP contribution in [0.5, 0.6) is 11.5 Å². The van der Waals surface area contributed by atoms with Crippen LogP contribution in [0.3, 0.4) is 0 Å². The lowest BCUT2D eigenvalue weighted by Gasteiger charge is -2.29. The van der Waals surface area contributed by atoms with Gasteiger partial charge in [-0.25, -0.2) is 0 Å². The molecule has 0 radical (unpaired) electrons.